The third-order valence-corrected chi connectivity index (χ3v) is 6.18. The van der Waals surface area contributed by atoms with Gasteiger partial charge in [0.1, 0.15) is 16.4 Å². The van der Waals surface area contributed by atoms with Crippen LogP contribution in [0.15, 0.2) is 38.7 Å². The Morgan fingerprint density at radius 1 is 1.25 bits per heavy atom. The molecular formula is C19H18N4O3S2. The van der Waals surface area contributed by atoms with E-state index < -0.39 is 0 Å². The van der Waals surface area contributed by atoms with Gasteiger partial charge < -0.3 is 14.1 Å². The predicted octanol–water partition coefficient (Wildman–Crippen LogP) is 4.34. The second-order valence-electron chi connectivity index (χ2n) is 6.07. The monoisotopic (exact) mass is 414 g/mol. The van der Waals surface area contributed by atoms with Gasteiger partial charge in [-0.15, -0.1) is 21.5 Å². The number of rotatable bonds is 6. The number of thiophene rings is 1. The molecule has 0 aliphatic rings. The Bertz CT molecular complexity index is 1200. The van der Waals surface area contributed by atoms with Crippen LogP contribution in [0.1, 0.15) is 23.2 Å². The Hall–Kier alpha value is -2.65. The molecule has 3 heterocycles. The summed E-state index contributed by atoms with van der Waals surface area (Å²) < 4.78 is 11.4. The molecule has 1 N–H and O–H groups in total. The number of aromatic amines is 1. The molecule has 0 amide bonds. The number of aromatic nitrogens is 4. The van der Waals surface area contributed by atoms with Crippen LogP contribution in [0.25, 0.3) is 21.7 Å². The first-order valence-corrected chi connectivity index (χ1v) is 10.5. The van der Waals surface area contributed by atoms with Crippen LogP contribution < -0.4 is 10.3 Å². The Balaban J connectivity index is 1.54. The molecule has 0 atom stereocenters. The van der Waals surface area contributed by atoms with Gasteiger partial charge in [0, 0.05) is 4.88 Å². The van der Waals surface area contributed by atoms with Crippen LogP contribution >= 0.6 is 23.1 Å². The average Bonchev–Trinajstić information content (AvgIpc) is 3.26. The third kappa shape index (κ3) is 3.55. The smallest absolute Gasteiger partial charge is 0.277 e. The summed E-state index contributed by atoms with van der Waals surface area (Å²) in [5.74, 6) is 2.10. The van der Waals surface area contributed by atoms with Gasteiger partial charge in [-0.25, -0.2) is 4.98 Å². The van der Waals surface area contributed by atoms with Gasteiger partial charge in [0.25, 0.3) is 16.7 Å². The number of para-hydroxylation sites is 1. The van der Waals surface area contributed by atoms with Crippen molar-refractivity contribution in [2.45, 2.75) is 31.7 Å². The summed E-state index contributed by atoms with van der Waals surface area (Å²) in [6.07, 6.45) is 0. The van der Waals surface area contributed by atoms with E-state index in [0.717, 1.165) is 20.8 Å². The van der Waals surface area contributed by atoms with Crippen LogP contribution in [0.2, 0.25) is 0 Å². The molecule has 7 nitrogen and oxygen atoms in total. The number of hydrogen-bond donors (Lipinski definition) is 1. The van der Waals surface area contributed by atoms with Crippen molar-refractivity contribution in [3.63, 3.8) is 0 Å². The van der Waals surface area contributed by atoms with Gasteiger partial charge in [0.2, 0.25) is 0 Å². The molecule has 0 spiro atoms. The Kier molecular flexibility index (Phi) is 5.19. The van der Waals surface area contributed by atoms with Crippen molar-refractivity contribution in [1.29, 1.82) is 0 Å². The van der Waals surface area contributed by atoms with Crippen LogP contribution in [-0.2, 0) is 5.75 Å². The van der Waals surface area contributed by atoms with E-state index in [9.17, 15) is 4.79 Å². The lowest BCUT2D eigenvalue weighted by Gasteiger charge is -2.06. The molecule has 9 heteroatoms. The Morgan fingerprint density at radius 2 is 2.07 bits per heavy atom. The van der Waals surface area contributed by atoms with E-state index in [4.69, 9.17) is 9.15 Å². The third-order valence-electron chi connectivity index (χ3n) is 4.24. The largest absolute Gasteiger partial charge is 0.493 e. The fourth-order valence-electron chi connectivity index (χ4n) is 2.80. The summed E-state index contributed by atoms with van der Waals surface area (Å²) >= 11 is 2.86. The summed E-state index contributed by atoms with van der Waals surface area (Å²) in [5.41, 5.74) is 1.63. The molecular weight excluding hydrogens is 396 g/mol. The maximum atomic E-state index is 12.4. The predicted molar refractivity (Wildman–Crippen MR) is 110 cm³/mol. The second kappa shape index (κ2) is 7.76. The first kappa shape index (κ1) is 18.7. The molecule has 144 valence electrons. The van der Waals surface area contributed by atoms with Gasteiger partial charge in [-0.3, -0.25) is 4.79 Å². The zero-order chi connectivity index (χ0) is 19.7. The minimum atomic E-state index is -0.112. The van der Waals surface area contributed by atoms with Crippen LogP contribution in [0.3, 0.4) is 0 Å². The van der Waals surface area contributed by atoms with Crippen molar-refractivity contribution in [2.24, 2.45) is 0 Å². The van der Waals surface area contributed by atoms with E-state index in [2.05, 4.69) is 20.2 Å². The lowest BCUT2D eigenvalue weighted by Crippen LogP contribution is -2.10. The number of nitrogens with zero attached hydrogens (tertiary/aromatic N) is 3. The Labute approximate surface area is 169 Å². The number of thioether (sulfide) groups is 1. The number of ether oxygens (including phenoxy) is 1. The van der Waals surface area contributed by atoms with E-state index in [0.29, 0.717) is 40.4 Å². The molecule has 0 bridgehead atoms. The maximum Gasteiger partial charge on any atom is 0.277 e. The molecule has 0 radical (unpaired) electrons. The van der Waals surface area contributed by atoms with Crippen molar-refractivity contribution < 1.29 is 9.15 Å². The highest BCUT2D eigenvalue weighted by molar-refractivity contribution is 7.98. The van der Waals surface area contributed by atoms with Gasteiger partial charge in [-0.1, -0.05) is 23.9 Å². The van der Waals surface area contributed by atoms with E-state index in [1.807, 2.05) is 45.0 Å². The highest BCUT2D eigenvalue weighted by Crippen LogP contribution is 2.31. The van der Waals surface area contributed by atoms with Gasteiger partial charge in [0.05, 0.1) is 23.3 Å². The normalized spacial score (nSPS) is 11.2. The average molecular weight is 415 g/mol. The molecule has 28 heavy (non-hydrogen) atoms. The number of hydrogen-bond acceptors (Lipinski definition) is 8. The zero-order valence-electron chi connectivity index (χ0n) is 15.6. The number of benzene rings is 1. The first-order chi connectivity index (χ1) is 13.6. The first-order valence-electron chi connectivity index (χ1n) is 8.74. The minimum Gasteiger partial charge on any atom is -0.493 e. The quantitative estimate of drug-likeness (QED) is 0.469. The van der Waals surface area contributed by atoms with E-state index in [1.54, 1.807) is 0 Å². The van der Waals surface area contributed by atoms with Crippen molar-refractivity contribution >= 4 is 33.3 Å². The topological polar surface area (TPSA) is 93.9 Å². The van der Waals surface area contributed by atoms with Crippen molar-refractivity contribution in [3.8, 4) is 17.2 Å². The molecule has 0 aliphatic heterocycles. The van der Waals surface area contributed by atoms with Crippen LogP contribution in [0.5, 0.6) is 5.75 Å². The lowest BCUT2D eigenvalue weighted by atomic mass is 10.2. The molecule has 1 aromatic carbocycles. The number of H-pyrrole nitrogens is 1. The van der Waals surface area contributed by atoms with Crippen molar-refractivity contribution in [1.82, 2.24) is 20.2 Å². The number of fused-ring (bicyclic) bond motifs is 1. The number of aryl methyl sites for hydroxylation is 2. The summed E-state index contributed by atoms with van der Waals surface area (Å²) in [7, 11) is 0. The second-order valence-corrected chi connectivity index (χ2v) is 8.20. The summed E-state index contributed by atoms with van der Waals surface area (Å²) in [4.78, 5) is 21.6. The van der Waals surface area contributed by atoms with Crippen molar-refractivity contribution in [3.05, 3.63) is 50.9 Å². The minimum absolute atomic E-state index is 0.112. The van der Waals surface area contributed by atoms with Crippen LogP contribution in [0.4, 0.5) is 0 Å². The molecule has 3 aromatic heterocycles. The van der Waals surface area contributed by atoms with Crippen LogP contribution in [0, 0.1) is 13.8 Å². The molecule has 4 aromatic rings. The van der Waals surface area contributed by atoms with Crippen LogP contribution in [-0.4, -0.2) is 26.8 Å². The zero-order valence-corrected chi connectivity index (χ0v) is 17.2. The molecule has 0 saturated heterocycles. The molecule has 0 aliphatic carbocycles. The fourth-order valence-corrected chi connectivity index (χ4v) is 4.48. The SMILES string of the molecule is CCOc1ccccc1-c1nnc(SCc2nc3sc(C)c(C)c3c(=O)[nH]2)o1. The number of nitrogens with one attached hydrogen (secondary N) is 1. The molecule has 0 unspecified atom stereocenters. The van der Waals surface area contributed by atoms with E-state index >= 15 is 0 Å². The standard InChI is InChI=1S/C19H18N4O3S2/c1-4-25-13-8-6-5-7-12(13)17-22-23-19(26-17)27-9-14-20-16(24)15-10(2)11(3)28-18(15)21-14/h5-8H,4,9H2,1-3H3,(H,20,21,24). The van der Waals surface area contributed by atoms with Gasteiger partial charge >= 0.3 is 0 Å². The van der Waals surface area contributed by atoms with Gasteiger partial charge in [0.15, 0.2) is 0 Å². The molecule has 0 fully saturated rings. The highest BCUT2D eigenvalue weighted by atomic mass is 32.2. The highest BCUT2D eigenvalue weighted by Gasteiger charge is 2.15. The lowest BCUT2D eigenvalue weighted by molar-refractivity contribution is 0.340. The van der Waals surface area contributed by atoms with E-state index in [1.165, 1.54) is 23.1 Å². The van der Waals surface area contributed by atoms with Crippen molar-refractivity contribution in [2.75, 3.05) is 6.61 Å². The Morgan fingerprint density at radius 3 is 2.89 bits per heavy atom. The summed E-state index contributed by atoms with van der Waals surface area (Å²) in [5, 5.41) is 9.28. The molecule has 0 saturated carbocycles. The van der Waals surface area contributed by atoms with Gasteiger partial charge in [-0.2, -0.15) is 0 Å². The maximum absolute atomic E-state index is 12.4. The van der Waals surface area contributed by atoms with Gasteiger partial charge in [-0.05, 0) is 38.5 Å². The van der Waals surface area contributed by atoms with E-state index in [-0.39, 0.29) is 5.56 Å². The fraction of sp³-hybridized carbons (Fsp3) is 0.263. The summed E-state index contributed by atoms with van der Waals surface area (Å²) in [6.45, 7) is 6.41. The summed E-state index contributed by atoms with van der Waals surface area (Å²) in [6, 6.07) is 7.53. The molecule has 4 rings (SSSR count).